The zero-order valence-corrected chi connectivity index (χ0v) is 12.7. The van der Waals surface area contributed by atoms with Crippen molar-refractivity contribution in [1.82, 2.24) is 9.97 Å². The van der Waals surface area contributed by atoms with E-state index in [0.717, 1.165) is 10.4 Å². The molecule has 0 bridgehead atoms. The van der Waals surface area contributed by atoms with Crippen molar-refractivity contribution in [3.8, 4) is 0 Å². The second-order valence-electron chi connectivity index (χ2n) is 4.15. The van der Waals surface area contributed by atoms with E-state index in [4.69, 9.17) is 11.6 Å². The van der Waals surface area contributed by atoms with Crippen molar-refractivity contribution in [3.05, 3.63) is 16.8 Å². The highest BCUT2D eigenvalue weighted by Gasteiger charge is 2.28. The molecule has 0 amide bonds. The number of alkyl halides is 1. The molecule has 0 aromatic carbocycles. The second-order valence-corrected chi connectivity index (χ2v) is 7.95. The third kappa shape index (κ3) is 2.02. The van der Waals surface area contributed by atoms with E-state index < -0.39 is 15.1 Å². The predicted molar refractivity (Wildman–Crippen MR) is 74.3 cm³/mol. The van der Waals surface area contributed by atoms with E-state index in [0.29, 0.717) is 10.2 Å². The predicted octanol–water partition coefficient (Wildman–Crippen LogP) is 2.71. The minimum atomic E-state index is -3.50. The van der Waals surface area contributed by atoms with Gasteiger partial charge in [0.1, 0.15) is 11.2 Å². The van der Waals surface area contributed by atoms with Gasteiger partial charge in [-0.05, 0) is 26.3 Å². The summed E-state index contributed by atoms with van der Waals surface area (Å²) in [7, 11) is -3.50. The van der Waals surface area contributed by atoms with E-state index in [9.17, 15) is 8.42 Å². The third-order valence-electron chi connectivity index (χ3n) is 2.95. The molecule has 2 heterocycles. The van der Waals surface area contributed by atoms with Crippen molar-refractivity contribution in [2.45, 2.75) is 31.0 Å². The van der Waals surface area contributed by atoms with Crippen LogP contribution in [0, 0.1) is 13.8 Å². The molecule has 1 unspecified atom stereocenters. The molecule has 0 N–H and O–H groups in total. The van der Waals surface area contributed by atoms with Gasteiger partial charge in [0.2, 0.25) is 0 Å². The molecule has 7 heteroatoms. The summed E-state index contributed by atoms with van der Waals surface area (Å²) in [5.41, 5.74) is 0.927. The molecule has 1 atom stereocenters. The third-order valence-corrected chi connectivity index (χ3v) is 6.78. The van der Waals surface area contributed by atoms with Crippen LogP contribution < -0.4 is 0 Å². The van der Waals surface area contributed by atoms with Gasteiger partial charge in [0.25, 0.3) is 0 Å². The van der Waals surface area contributed by atoms with Gasteiger partial charge in [-0.3, -0.25) is 0 Å². The zero-order valence-electron chi connectivity index (χ0n) is 10.3. The van der Waals surface area contributed by atoms with Crippen molar-refractivity contribution in [1.29, 1.82) is 0 Å². The number of rotatable bonds is 3. The SMILES string of the molecule is Cc1sc2ncnc(S(=O)(=O)C(C)CCl)c2c1C. The minimum absolute atomic E-state index is 0.0516. The van der Waals surface area contributed by atoms with Crippen LogP contribution in [0.4, 0.5) is 0 Å². The lowest BCUT2D eigenvalue weighted by molar-refractivity contribution is 0.585. The maximum atomic E-state index is 12.4. The molecule has 2 aromatic heterocycles. The quantitative estimate of drug-likeness (QED) is 0.646. The first-order valence-corrected chi connectivity index (χ1v) is 8.30. The molecule has 0 radical (unpaired) electrons. The summed E-state index contributed by atoms with van der Waals surface area (Å²) in [4.78, 5) is 9.87. The van der Waals surface area contributed by atoms with Crippen LogP contribution in [0.15, 0.2) is 11.4 Å². The fourth-order valence-corrected chi connectivity index (χ4v) is 4.47. The fraction of sp³-hybridized carbons (Fsp3) is 0.455. The van der Waals surface area contributed by atoms with Gasteiger partial charge in [0, 0.05) is 10.8 Å². The number of aryl methyl sites for hydroxylation is 2. The Hall–Kier alpha value is -0.720. The molecule has 0 saturated heterocycles. The Balaban J connectivity index is 2.80. The van der Waals surface area contributed by atoms with Gasteiger partial charge >= 0.3 is 0 Å². The number of thiophene rings is 1. The lowest BCUT2D eigenvalue weighted by atomic mass is 10.2. The number of fused-ring (bicyclic) bond motifs is 1. The number of halogens is 1. The van der Waals surface area contributed by atoms with Crippen molar-refractivity contribution in [3.63, 3.8) is 0 Å². The van der Waals surface area contributed by atoms with E-state index in [1.807, 2.05) is 13.8 Å². The first-order valence-electron chi connectivity index (χ1n) is 5.40. The molecule has 0 spiro atoms. The lowest BCUT2D eigenvalue weighted by Gasteiger charge is -2.10. The highest BCUT2D eigenvalue weighted by Crippen LogP contribution is 2.33. The molecule has 0 saturated carbocycles. The molecule has 0 aliphatic heterocycles. The number of hydrogen-bond acceptors (Lipinski definition) is 5. The van der Waals surface area contributed by atoms with Crippen LogP contribution in [0.2, 0.25) is 0 Å². The van der Waals surface area contributed by atoms with E-state index in [1.54, 1.807) is 6.92 Å². The van der Waals surface area contributed by atoms with Crippen LogP contribution in [0.1, 0.15) is 17.4 Å². The first-order chi connectivity index (χ1) is 8.39. The fourth-order valence-electron chi connectivity index (χ4n) is 1.64. The van der Waals surface area contributed by atoms with Crippen molar-refractivity contribution < 1.29 is 8.42 Å². The minimum Gasteiger partial charge on any atom is -0.225 e. The normalized spacial score (nSPS) is 14.0. The van der Waals surface area contributed by atoms with Gasteiger partial charge in [0.15, 0.2) is 14.9 Å². The van der Waals surface area contributed by atoms with Gasteiger partial charge in [-0.25, -0.2) is 18.4 Å². The number of aromatic nitrogens is 2. The van der Waals surface area contributed by atoms with Gasteiger partial charge in [-0.1, -0.05) is 0 Å². The van der Waals surface area contributed by atoms with E-state index in [-0.39, 0.29) is 10.9 Å². The van der Waals surface area contributed by atoms with Crippen molar-refractivity contribution in [2.75, 3.05) is 5.88 Å². The smallest absolute Gasteiger partial charge is 0.200 e. The monoisotopic (exact) mass is 304 g/mol. The summed E-state index contributed by atoms with van der Waals surface area (Å²) in [6, 6.07) is 0. The summed E-state index contributed by atoms with van der Waals surface area (Å²) in [5, 5.41) is 0.0799. The molecule has 18 heavy (non-hydrogen) atoms. The van der Waals surface area contributed by atoms with Crippen LogP contribution >= 0.6 is 22.9 Å². The Morgan fingerprint density at radius 3 is 2.67 bits per heavy atom. The molecular weight excluding hydrogens is 292 g/mol. The van der Waals surface area contributed by atoms with Crippen molar-refractivity contribution >= 4 is 43.0 Å². The van der Waals surface area contributed by atoms with E-state index in [1.165, 1.54) is 17.7 Å². The molecule has 0 aliphatic rings. The Morgan fingerprint density at radius 2 is 2.06 bits per heavy atom. The number of nitrogens with zero attached hydrogens (tertiary/aromatic N) is 2. The Kier molecular flexibility index (Phi) is 3.62. The maximum Gasteiger partial charge on any atom is 0.200 e. The Bertz CT molecular complexity index is 694. The Labute approximate surface area is 115 Å². The summed E-state index contributed by atoms with van der Waals surface area (Å²) in [6.45, 7) is 5.43. The highest BCUT2D eigenvalue weighted by molar-refractivity contribution is 7.92. The van der Waals surface area contributed by atoms with Crippen LogP contribution in [0.3, 0.4) is 0 Å². The van der Waals surface area contributed by atoms with Crippen LogP contribution in [0.5, 0.6) is 0 Å². The van der Waals surface area contributed by atoms with Gasteiger partial charge in [-0.15, -0.1) is 22.9 Å². The highest BCUT2D eigenvalue weighted by atomic mass is 35.5. The van der Waals surface area contributed by atoms with Crippen LogP contribution in [-0.4, -0.2) is 29.5 Å². The molecule has 98 valence electrons. The average Bonchev–Trinajstić information content (AvgIpc) is 2.64. The van der Waals surface area contributed by atoms with E-state index in [2.05, 4.69) is 9.97 Å². The summed E-state index contributed by atoms with van der Waals surface area (Å²) >= 11 is 7.14. The number of sulfone groups is 1. The second kappa shape index (κ2) is 4.75. The topological polar surface area (TPSA) is 59.9 Å². The average molecular weight is 305 g/mol. The summed E-state index contributed by atoms with van der Waals surface area (Å²) in [6.07, 6.45) is 1.30. The summed E-state index contributed by atoms with van der Waals surface area (Å²) < 4.78 is 24.7. The van der Waals surface area contributed by atoms with E-state index >= 15 is 0 Å². The van der Waals surface area contributed by atoms with Crippen LogP contribution in [0.25, 0.3) is 10.2 Å². The lowest BCUT2D eigenvalue weighted by Crippen LogP contribution is -2.21. The molecule has 4 nitrogen and oxygen atoms in total. The summed E-state index contributed by atoms with van der Waals surface area (Å²) in [5.74, 6) is 0.0516. The molecule has 0 fully saturated rings. The van der Waals surface area contributed by atoms with Gasteiger partial charge < -0.3 is 0 Å². The largest absolute Gasteiger partial charge is 0.225 e. The Morgan fingerprint density at radius 1 is 1.39 bits per heavy atom. The van der Waals surface area contributed by atoms with Gasteiger partial charge in [-0.2, -0.15) is 0 Å². The standard InChI is InChI=1S/C11H13ClN2O2S2/c1-6(4-12)18(15,16)11-9-7(2)8(3)17-10(9)13-5-14-11/h5-6H,4H2,1-3H3. The van der Waals surface area contributed by atoms with Crippen molar-refractivity contribution in [2.24, 2.45) is 0 Å². The maximum absolute atomic E-state index is 12.4. The zero-order chi connectivity index (χ0) is 13.5. The first kappa shape index (κ1) is 13.7. The molecule has 2 aromatic rings. The van der Waals surface area contributed by atoms with Crippen LogP contribution in [-0.2, 0) is 9.84 Å². The number of hydrogen-bond donors (Lipinski definition) is 0. The molecule has 2 rings (SSSR count). The molecule has 0 aliphatic carbocycles. The van der Waals surface area contributed by atoms with Gasteiger partial charge in [0.05, 0.1) is 10.6 Å². The molecular formula is C11H13ClN2O2S2.